The number of carbonyl (C=O) groups is 1. The number of hydrogen-bond acceptors (Lipinski definition) is 10. The van der Waals surface area contributed by atoms with Gasteiger partial charge in [-0.15, -0.1) is 10.2 Å². The lowest BCUT2D eigenvalue weighted by molar-refractivity contribution is -0.113. The Morgan fingerprint density at radius 2 is 1.82 bits per heavy atom. The summed E-state index contributed by atoms with van der Waals surface area (Å²) in [6.07, 6.45) is 0. The molecule has 0 aliphatic carbocycles. The van der Waals surface area contributed by atoms with Gasteiger partial charge in [0, 0.05) is 19.7 Å². The number of thioether (sulfide) groups is 2. The van der Waals surface area contributed by atoms with Crippen LogP contribution in [0.5, 0.6) is 0 Å². The van der Waals surface area contributed by atoms with Gasteiger partial charge in [0.25, 0.3) is 5.56 Å². The van der Waals surface area contributed by atoms with Crippen molar-refractivity contribution in [3.63, 3.8) is 0 Å². The fourth-order valence-electron chi connectivity index (χ4n) is 2.99. The number of benzene rings is 1. The molecule has 14 heteroatoms. The summed E-state index contributed by atoms with van der Waals surface area (Å²) in [4.78, 5) is 46.8. The fourth-order valence-corrected chi connectivity index (χ4v) is 5.47. The van der Waals surface area contributed by atoms with Crippen LogP contribution in [0.2, 0.25) is 0 Å². The molecule has 3 heterocycles. The van der Waals surface area contributed by atoms with Crippen LogP contribution in [0.25, 0.3) is 22.4 Å². The molecular weight excluding hydrogens is 501 g/mol. The van der Waals surface area contributed by atoms with Gasteiger partial charge in [-0.1, -0.05) is 41.8 Å². The lowest BCUT2D eigenvalue weighted by Crippen LogP contribution is -2.37. The van der Waals surface area contributed by atoms with Crippen molar-refractivity contribution in [3.05, 3.63) is 50.9 Å². The smallest absolute Gasteiger partial charge is 0.300 e. The summed E-state index contributed by atoms with van der Waals surface area (Å²) in [5.74, 6) is 0.188. The fraction of sp³-hybridized carbons (Fsp3) is 0.250. The van der Waals surface area contributed by atoms with Gasteiger partial charge in [0.2, 0.25) is 11.0 Å². The molecule has 0 fully saturated rings. The molecule has 1 amide bonds. The van der Waals surface area contributed by atoms with Gasteiger partial charge in [-0.05, 0) is 30.0 Å². The minimum Gasteiger partial charge on any atom is -0.300 e. The number of anilines is 1. The van der Waals surface area contributed by atoms with Crippen LogP contribution < -0.4 is 16.6 Å². The lowest BCUT2D eigenvalue weighted by atomic mass is 10.2. The van der Waals surface area contributed by atoms with Crippen LogP contribution in [0, 0.1) is 5.82 Å². The van der Waals surface area contributed by atoms with Crippen LogP contribution in [0.4, 0.5) is 9.52 Å². The summed E-state index contributed by atoms with van der Waals surface area (Å²) >= 11 is 3.82. The topological polar surface area (TPSA) is 125 Å². The highest BCUT2D eigenvalue weighted by molar-refractivity contribution is 8.01. The number of aromatic nitrogens is 6. The number of nitrogens with zero attached hydrogens (tertiary/aromatic N) is 6. The van der Waals surface area contributed by atoms with E-state index in [1.165, 1.54) is 66.0 Å². The third kappa shape index (κ3) is 4.88. The lowest BCUT2D eigenvalue weighted by Gasteiger charge is -2.12. The van der Waals surface area contributed by atoms with Crippen molar-refractivity contribution in [2.45, 2.75) is 16.3 Å². The maximum absolute atomic E-state index is 13.4. The molecule has 3 aromatic heterocycles. The zero-order valence-electron chi connectivity index (χ0n) is 18.2. The van der Waals surface area contributed by atoms with Crippen molar-refractivity contribution in [1.82, 2.24) is 29.3 Å². The Balaban J connectivity index is 1.70. The largest absolute Gasteiger partial charge is 0.332 e. The average Bonchev–Trinajstić information content (AvgIpc) is 3.26. The van der Waals surface area contributed by atoms with Gasteiger partial charge in [0.1, 0.15) is 16.2 Å². The molecule has 4 rings (SSSR count). The third-order valence-corrected chi connectivity index (χ3v) is 7.46. The number of amides is 1. The SMILES string of the molecule is CCSc1nnc(NC(=O)CSc2nc(-c3ccc(F)cc3)nc3c2c(=O)n(C)c(=O)n3C)s1. The van der Waals surface area contributed by atoms with E-state index in [4.69, 9.17) is 0 Å². The first-order chi connectivity index (χ1) is 16.3. The highest BCUT2D eigenvalue weighted by Crippen LogP contribution is 2.28. The summed E-state index contributed by atoms with van der Waals surface area (Å²) in [5.41, 5.74) is -0.503. The molecule has 0 unspecified atom stereocenters. The van der Waals surface area contributed by atoms with E-state index >= 15 is 0 Å². The molecule has 0 spiro atoms. The first-order valence-electron chi connectivity index (χ1n) is 9.91. The molecule has 0 saturated carbocycles. The van der Waals surface area contributed by atoms with Crippen molar-refractivity contribution in [2.24, 2.45) is 14.1 Å². The quantitative estimate of drug-likeness (QED) is 0.223. The second kappa shape index (κ2) is 10.0. The van der Waals surface area contributed by atoms with E-state index in [2.05, 4.69) is 25.5 Å². The van der Waals surface area contributed by atoms with Crippen LogP contribution in [0.3, 0.4) is 0 Å². The van der Waals surface area contributed by atoms with Gasteiger partial charge < -0.3 is 0 Å². The van der Waals surface area contributed by atoms with E-state index in [1.54, 1.807) is 0 Å². The minimum absolute atomic E-state index is 0.0726. The number of nitrogens with one attached hydrogen (secondary N) is 1. The van der Waals surface area contributed by atoms with Crippen molar-refractivity contribution >= 4 is 56.9 Å². The summed E-state index contributed by atoms with van der Waals surface area (Å²) in [6.45, 7) is 1.99. The Labute approximate surface area is 204 Å². The zero-order chi connectivity index (χ0) is 24.4. The van der Waals surface area contributed by atoms with Gasteiger partial charge in [-0.25, -0.2) is 19.2 Å². The van der Waals surface area contributed by atoms with Gasteiger partial charge in [0.05, 0.1) is 5.75 Å². The first kappa shape index (κ1) is 24.0. The van der Waals surface area contributed by atoms with E-state index in [-0.39, 0.29) is 33.5 Å². The molecule has 0 atom stereocenters. The monoisotopic (exact) mass is 519 g/mol. The van der Waals surface area contributed by atoms with E-state index in [0.29, 0.717) is 10.7 Å². The van der Waals surface area contributed by atoms with Crippen molar-refractivity contribution in [2.75, 3.05) is 16.8 Å². The zero-order valence-corrected chi connectivity index (χ0v) is 20.7. The maximum Gasteiger partial charge on any atom is 0.332 e. The van der Waals surface area contributed by atoms with Crippen LogP contribution in [-0.2, 0) is 18.9 Å². The number of rotatable bonds is 7. The third-order valence-electron chi connectivity index (χ3n) is 4.63. The Kier molecular flexibility index (Phi) is 7.09. The molecule has 4 aromatic rings. The second-order valence-corrected chi connectivity index (χ2v) is 10.4. The molecular formula is C20H18FN7O3S3. The van der Waals surface area contributed by atoms with Crippen LogP contribution in [-0.4, -0.2) is 46.7 Å². The normalized spacial score (nSPS) is 11.2. The molecule has 10 nitrogen and oxygen atoms in total. The number of hydrogen-bond donors (Lipinski definition) is 1. The summed E-state index contributed by atoms with van der Waals surface area (Å²) in [6, 6.07) is 5.52. The average molecular weight is 520 g/mol. The van der Waals surface area contributed by atoms with Crippen molar-refractivity contribution in [3.8, 4) is 11.4 Å². The maximum atomic E-state index is 13.4. The van der Waals surface area contributed by atoms with E-state index in [1.807, 2.05) is 6.92 Å². The van der Waals surface area contributed by atoms with E-state index in [9.17, 15) is 18.8 Å². The predicted molar refractivity (Wildman–Crippen MR) is 131 cm³/mol. The summed E-state index contributed by atoms with van der Waals surface area (Å²) in [7, 11) is 2.86. The number of carbonyl (C=O) groups excluding carboxylic acids is 1. The van der Waals surface area contributed by atoms with Gasteiger partial charge in [0.15, 0.2) is 15.8 Å². The Morgan fingerprint density at radius 1 is 1.09 bits per heavy atom. The van der Waals surface area contributed by atoms with Crippen molar-refractivity contribution < 1.29 is 9.18 Å². The highest BCUT2D eigenvalue weighted by atomic mass is 32.2. The highest BCUT2D eigenvalue weighted by Gasteiger charge is 2.19. The number of fused-ring (bicyclic) bond motifs is 1. The molecule has 0 aliphatic rings. The number of aryl methyl sites for hydroxylation is 1. The molecule has 1 aromatic carbocycles. The van der Waals surface area contributed by atoms with Crippen LogP contribution >= 0.6 is 34.9 Å². The second-order valence-electron chi connectivity index (χ2n) is 6.91. The van der Waals surface area contributed by atoms with Crippen LogP contribution in [0.15, 0.2) is 43.2 Å². The molecule has 0 saturated heterocycles. The Morgan fingerprint density at radius 3 is 2.53 bits per heavy atom. The van der Waals surface area contributed by atoms with E-state index in [0.717, 1.165) is 26.4 Å². The van der Waals surface area contributed by atoms with Gasteiger partial charge >= 0.3 is 5.69 Å². The Hall–Kier alpha value is -3.10. The van der Waals surface area contributed by atoms with Crippen LogP contribution in [0.1, 0.15) is 6.92 Å². The molecule has 0 bridgehead atoms. The molecule has 34 heavy (non-hydrogen) atoms. The Bertz CT molecular complexity index is 1500. The van der Waals surface area contributed by atoms with Crippen molar-refractivity contribution in [1.29, 1.82) is 0 Å². The van der Waals surface area contributed by atoms with E-state index < -0.39 is 17.1 Å². The van der Waals surface area contributed by atoms with Gasteiger partial charge in [-0.3, -0.25) is 24.0 Å². The summed E-state index contributed by atoms with van der Waals surface area (Å²) < 4.78 is 16.3. The molecule has 0 aliphatic heterocycles. The predicted octanol–water partition coefficient (Wildman–Crippen LogP) is 2.53. The van der Waals surface area contributed by atoms with Gasteiger partial charge in [-0.2, -0.15) is 0 Å². The molecule has 0 radical (unpaired) electrons. The minimum atomic E-state index is -0.572. The molecule has 1 N–H and O–H groups in total. The first-order valence-corrected chi connectivity index (χ1v) is 12.7. The molecule has 176 valence electrons. The number of halogens is 1. The standard InChI is InChI=1S/C20H18FN7O3S3/c1-4-32-19-26-25-18(34-19)22-12(29)9-33-16-13-15(27(2)20(31)28(3)17(13)30)23-14(24-16)10-5-7-11(21)8-6-10/h5-8H,4,9H2,1-3H3,(H,22,25,29). The summed E-state index contributed by atoms with van der Waals surface area (Å²) in [5, 5.41) is 11.4.